The van der Waals surface area contributed by atoms with Gasteiger partial charge in [0.1, 0.15) is 0 Å². The van der Waals surface area contributed by atoms with Gasteiger partial charge in [0.15, 0.2) is 11.5 Å². The monoisotopic (exact) mass is 531 g/mol. The van der Waals surface area contributed by atoms with Crippen LogP contribution in [0.15, 0.2) is 23.2 Å². The number of nitrogens with one attached hydrogen (secondary N) is 2. The number of rotatable bonds is 6. The van der Waals surface area contributed by atoms with E-state index in [1.165, 1.54) is 7.11 Å². The number of piperazine rings is 1. The highest BCUT2D eigenvalue weighted by Crippen LogP contribution is 2.39. The van der Waals surface area contributed by atoms with E-state index < -0.39 is 0 Å². The highest BCUT2D eigenvalue weighted by Gasteiger charge is 2.25. The van der Waals surface area contributed by atoms with Crippen molar-refractivity contribution in [1.82, 2.24) is 19.8 Å². The van der Waals surface area contributed by atoms with Crippen LogP contribution in [0.5, 0.6) is 17.2 Å². The van der Waals surface area contributed by atoms with E-state index in [9.17, 15) is 4.79 Å². The third-order valence-corrected chi connectivity index (χ3v) is 5.63. The van der Waals surface area contributed by atoms with Crippen molar-refractivity contribution in [2.75, 3.05) is 64.7 Å². The zero-order valence-electron chi connectivity index (χ0n) is 22.0. The predicted molar refractivity (Wildman–Crippen MR) is 145 cm³/mol. The third-order valence-electron chi connectivity index (χ3n) is 5.43. The first-order valence-corrected chi connectivity index (χ1v) is 12.1. The van der Waals surface area contributed by atoms with E-state index in [1.54, 1.807) is 38.2 Å². The number of aromatic nitrogens is 2. The van der Waals surface area contributed by atoms with Crippen LogP contribution in [0.25, 0.3) is 0 Å². The van der Waals surface area contributed by atoms with E-state index >= 15 is 0 Å². The van der Waals surface area contributed by atoms with Gasteiger partial charge in [0.25, 0.3) is 0 Å². The van der Waals surface area contributed by atoms with Crippen molar-refractivity contribution in [3.63, 3.8) is 0 Å². The number of aryl methyl sites for hydroxylation is 2. The lowest BCUT2D eigenvalue weighted by molar-refractivity contribution is 0.0920. The van der Waals surface area contributed by atoms with Crippen LogP contribution in [0.3, 0.4) is 0 Å². The second-order valence-corrected chi connectivity index (χ2v) is 8.44. The molecule has 1 amide bonds. The van der Waals surface area contributed by atoms with Crippen molar-refractivity contribution < 1.29 is 23.7 Å². The molecule has 3 rings (SSSR count). The molecule has 1 aliphatic rings. The second kappa shape index (κ2) is 12.9. The average Bonchev–Trinajstić information content (AvgIpc) is 2.87. The van der Waals surface area contributed by atoms with Gasteiger partial charge < -0.3 is 34.1 Å². The standard InChI is InChI=1S/C24H33N7O5S/c1-7-36-24(32)31-10-8-30(9-11-31)22(28-21-25-15(2)12-16(3)26-21)29-23(37)27-17-13-18(33-4)20(35-6)19(14-17)34-5/h12-14H,7-11H2,1-6H3,(H2,25,26,27,28,29,37). The summed E-state index contributed by atoms with van der Waals surface area (Å²) >= 11 is 5.57. The summed E-state index contributed by atoms with van der Waals surface area (Å²) in [6.45, 7) is 7.88. The summed E-state index contributed by atoms with van der Waals surface area (Å²) in [6.07, 6.45) is -0.328. The average molecular weight is 532 g/mol. The smallest absolute Gasteiger partial charge is 0.409 e. The molecule has 0 atom stereocenters. The number of carbonyl (C=O) groups is 1. The fourth-order valence-electron chi connectivity index (χ4n) is 3.78. The summed E-state index contributed by atoms with van der Waals surface area (Å²) in [5.74, 6) is 2.29. The SMILES string of the molecule is CCOC(=O)N1CCN(/C(=N/C(=S)Nc2cc(OC)c(OC)c(OC)c2)Nc2nc(C)cc(C)n2)CC1. The molecule has 0 radical (unpaired) electrons. The maximum atomic E-state index is 12.1. The van der Waals surface area contributed by atoms with Gasteiger partial charge in [-0.3, -0.25) is 5.32 Å². The van der Waals surface area contributed by atoms with E-state index in [0.717, 1.165) is 11.4 Å². The Morgan fingerprint density at radius 1 is 0.946 bits per heavy atom. The van der Waals surface area contributed by atoms with Crippen molar-refractivity contribution in [3.05, 3.63) is 29.6 Å². The maximum absolute atomic E-state index is 12.1. The Labute approximate surface area is 222 Å². The highest BCUT2D eigenvalue weighted by atomic mass is 32.1. The summed E-state index contributed by atoms with van der Waals surface area (Å²) < 4.78 is 21.4. The number of ether oxygens (including phenoxy) is 4. The molecule has 200 valence electrons. The van der Waals surface area contributed by atoms with E-state index in [2.05, 4.69) is 25.6 Å². The summed E-state index contributed by atoms with van der Waals surface area (Å²) in [4.78, 5) is 29.3. The minimum Gasteiger partial charge on any atom is -0.493 e. The Balaban J connectivity index is 1.85. The number of hydrogen-bond donors (Lipinski definition) is 2. The Morgan fingerprint density at radius 3 is 2.03 bits per heavy atom. The maximum Gasteiger partial charge on any atom is 0.409 e. The van der Waals surface area contributed by atoms with Crippen LogP contribution in [0, 0.1) is 13.8 Å². The molecular weight excluding hydrogens is 498 g/mol. The number of benzene rings is 1. The normalized spacial score (nSPS) is 13.6. The molecule has 0 saturated carbocycles. The Hall–Kier alpha value is -3.87. The van der Waals surface area contributed by atoms with Gasteiger partial charge in [0.05, 0.1) is 27.9 Å². The second-order valence-electron chi connectivity index (χ2n) is 8.05. The summed E-state index contributed by atoms with van der Waals surface area (Å²) in [5, 5.41) is 6.49. The van der Waals surface area contributed by atoms with Gasteiger partial charge in [-0.05, 0) is 39.1 Å². The zero-order valence-corrected chi connectivity index (χ0v) is 22.8. The van der Waals surface area contributed by atoms with Gasteiger partial charge in [-0.15, -0.1) is 0 Å². The lowest BCUT2D eigenvalue weighted by Gasteiger charge is -2.35. The molecule has 13 heteroatoms. The predicted octanol–water partition coefficient (Wildman–Crippen LogP) is 3.06. The fraction of sp³-hybridized carbons (Fsp3) is 0.458. The van der Waals surface area contributed by atoms with Crippen LogP contribution in [0.4, 0.5) is 16.4 Å². The van der Waals surface area contributed by atoms with E-state index in [0.29, 0.717) is 67.6 Å². The van der Waals surface area contributed by atoms with E-state index in [4.69, 9.17) is 31.2 Å². The van der Waals surface area contributed by atoms with Gasteiger partial charge in [-0.25, -0.2) is 14.8 Å². The quantitative estimate of drug-likeness (QED) is 0.325. The first-order valence-electron chi connectivity index (χ1n) is 11.7. The summed E-state index contributed by atoms with van der Waals surface area (Å²) in [6, 6.07) is 5.36. The number of hydrogen-bond acceptors (Lipinski definition) is 8. The van der Waals surface area contributed by atoms with Crippen LogP contribution < -0.4 is 24.8 Å². The summed E-state index contributed by atoms with van der Waals surface area (Å²) in [7, 11) is 4.62. The molecule has 0 bridgehead atoms. The molecule has 12 nitrogen and oxygen atoms in total. The van der Waals surface area contributed by atoms with Gasteiger partial charge in [-0.1, -0.05) is 0 Å². The largest absolute Gasteiger partial charge is 0.493 e. The number of guanidine groups is 1. The van der Waals surface area contributed by atoms with Crippen molar-refractivity contribution in [1.29, 1.82) is 0 Å². The number of amides is 1. The van der Waals surface area contributed by atoms with Gasteiger partial charge in [0, 0.05) is 55.4 Å². The molecule has 0 unspecified atom stereocenters. The van der Waals surface area contributed by atoms with Crippen molar-refractivity contribution in [2.24, 2.45) is 4.99 Å². The van der Waals surface area contributed by atoms with Gasteiger partial charge in [-0.2, -0.15) is 4.99 Å². The number of carbonyl (C=O) groups excluding carboxylic acids is 1. The molecule has 1 aliphatic heterocycles. The summed E-state index contributed by atoms with van der Waals surface area (Å²) in [5.41, 5.74) is 2.25. The Morgan fingerprint density at radius 2 is 1.51 bits per heavy atom. The molecule has 2 N–H and O–H groups in total. The molecular formula is C24H33N7O5S. The Bertz CT molecular complexity index is 1110. The number of aliphatic imine (C=N–C) groups is 1. The lowest BCUT2D eigenvalue weighted by atomic mass is 10.2. The highest BCUT2D eigenvalue weighted by molar-refractivity contribution is 7.80. The fourth-order valence-corrected chi connectivity index (χ4v) is 3.98. The van der Waals surface area contributed by atoms with Gasteiger partial charge in [0.2, 0.25) is 22.8 Å². The van der Waals surface area contributed by atoms with Crippen LogP contribution >= 0.6 is 12.2 Å². The number of nitrogens with zero attached hydrogens (tertiary/aromatic N) is 5. The third kappa shape index (κ3) is 7.32. The molecule has 0 aliphatic carbocycles. The Kier molecular flexibility index (Phi) is 9.66. The van der Waals surface area contributed by atoms with E-state index in [1.807, 2.05) is 24.8 Å². The van der Waals surface area contributed by atoms with E-state index in [-0.39, 0.29) is 11.2 Å². The molecule has 2 aromatic rings. The van der Waals surface area contributed by atoms with Crippen molar-refractivity contribution >= 4 is 41.0 Å². The first-order chi connectivity index (χ1) is 17.8. The molecule has 1 aromatic carbocycles. The van der Waals surface area contributed by atoms with Crippen LogP contribution in [0.1, 0.15) is 18.3 Å². The van der Waals surface area contributed by atoms with Crippen LogP contribution in [-0.4, -0.2) is 91.0 Å². The minimum atomic E-state index is -0.328. The molecule has 2 heterocycles. The molecule has 1 aromatic heterocycles. The lowest BCUT2D eigenvalue weighted by Crippen LogP contribution is -2.52. The number of thiocarbonyl (C=S) groups is 1. The number of methoxy groups -OCH3 is 3. The molecule has 37 heavy (non-hydrogen) atoms. The molecule has 0 spiro atoms. The van der Waals surface area contributed by atoms with Crippen LogP contribution in [-0.2, 0) is 4.74 Å². The van der Waals surface area contributed by atoms with Crippen molar-refractivity contribution in [3.8, 4) is 17.2 Å². The zero-order chi connectivity index (χ0) is 26.9. The minimum absolute atomic E-state index is 0.189. The molecule has 1 saturated heterocycles. The van der Waals surface area contributed by atoms with Crippen LogP contribution in [0.2, 0.25) is 0 Å². The van der Waals surface area contributed by atoms with Crippen molar-refractivity contribution in [2.45, 2.75) is 20.8 Å². The topological polar surface area (TPSA) is 123 Å². The van der Waals surface area contributed by atoms with Gasteiger partial charge >= 0.3 is 6.09 Å². The molecule has 1 fully saturated rings. The number of anilines is 2. The first kappa shape index (κ1) is 27.7.